The molecule has 0 saturated carbocycles. The molecule has 1 aliphatic heterocycles. The number of hydrogen-bond donors (Lipinski definition) is 1. The number of rotatable bonds is 7. The van der Waals surface area contributed by atoms with E-state index < -0.39 is 0 Å². The molecule has 1 amide bonds. The minimum absolute atomic E-state index is 0.102. The Kier molecular flexibility index (Phi) is 7.52. The maximum Gasteiger partial charge on any atom is 0.236 e. The molecule has 1 heterocycles. The fraction of sp³-hybridized carbons (Fsp3) is 0.857. The predicted molar refractivity (Wildman–Crippen MR) is 77.0 cm³/mol. The van der Waals surface area contributed by atoms with Crippen molar-refractivity contribution in [3.63, 3.8) is 0 Å². The SMILES string of the molecule is CCN(CC(C)C#N)C(=O)CN1CCN(CCO)CC1. The Morgan fingerprint density at radius 1 is 1.35 bits per heavy atom. The van der Waals surface area contributed by atoms with Crippen LogP contribution in [0.1, 0.15) is 13.8 Å². The Balaban J connectivity index is 2.36. The number of carbonyl (C=O) groups excluding carboxylic acids is 1. The molecule has 0 aliphatic carbocycles. The molecule has 1 fully saturated rings. The van der Waals surface area contributed by atoms with Gasteiger partial charge in [-0.3, -0.25) is 14.6 Å². The van der Waals surface area contributed by atoms with Crippen molar-refractivity contribution < 1.29 is 9.90 Å². The van der Waals surface area contributed by atoms with E-state index in [4.69, 9.17) is 10.4 Å². The number of β-amino-alcohol motifs (C(OH)–C–C–N with tert-alkyl or cyclic N) is 1. The molecule has 0 radical (unpaired) electrons. The van der Waals surface area contributed by atoms with Crippen molar-refractivity contribution >= 4 is 5.91 Å². The van der Waals surface area contributed by atoms with Crippen LogP contribution >= 0.6 is 0 Å². The second-order valence-corrected chi connectivity index (χ2v) is 5.30. The number of aliphatic hydroxyl groups excluding tert-OH is 1. The third kappa shape index (κ3) is 5.45. The molecule has 20 heavy (non-hydrogen) atoms. The summed E-state index contributed by atoms with van der Waals surface area (Å²) in [6.07, 6.45) is 0. The molecular weight excluding hydrogens is 256 g/mol. The fourth-order valence-electron chi connectivity index (χ4n) is 2.38. The van der Waals surface area contributed by atoms with Crippen LogP contribution < -0.4 is 0 Å². The lowest BCUT2D eigenvalue weighted by Gasteiger charge is -2.35. The van der Waals surface area contributed by atoms with Gasteiger partial charge in [0.25, 0.3) is 0 Å². The van der Waals surface area contributed by atoms with Crippen LogP contribution in [0.5, 0.6) is 0 Å². The number of nitrogens with zero attached hydrogens (tertiary/aromatic N) is 4. The van der Waals surface area contributed by atoms with Gasteiger partial charge in [0, 0.05) is 45.8 Å². The first-order valence-corrected chi connectivity index (χ1v) is 7.33. The molecule has 0 spiro atoms. The summed E-state index contributed by atoms with van der Waals surface area (Å²) in [6.45, 7) is 9.78. The van der Waals surface area contributed by atoms with Gasteiger partial charge in [-0.2, -0.15) is 5.26 Å². The molecule has 1 unspecified atom stereocenters. The number of hydrogen-bond acceptors (Lipinski definition) is 5. The number of likely N-dealkylation sites (N-methyl/N-ethyl adjacent to an activating group) is 1. The van der Waals surface area contributed by atoms with Gasteiger partial charge in [-0.1, -0.05) is 0 Å². The van der Waals surface area contributed by atoms with Gasteiger partial charge in [0.05, 0.1) is 25.1 Å². The summed E-state index contributed by atoms with van der Waals surface area (Å²) in [7, 11) is 0. The lowest BCUT2D eigenvalue weighted by molar-refractivity contribution is -0.133. The Morgan fingerprint density at radius 3 is 2.45 bits per heavy atom. The van der Waals surface area contributed by atoms with E-state index in [2.05, 4.69) is 15.9 Å². The molecule has 1 N–H and O–H groups in total. The Labute approximate surface area is 121 Å². The van der Waals surface area contributed by atoms with Crippen molar-refractivity contribution in [3.05, 3.63) is 0 Å². The van der Waals surface area contributed by atoms with Crippen LogP contribution in [0.4, 0.5) is 0 Å². The summed E-state index contributed by atoms with van der Waals surface area (Å²) in [4.78, 5) is 18.3. The van der Waals surface area contributed by atoms with Gasteiger partial charge in [0.15, 0.2) is 0 Å². The van der Waals surface area contributed by atoms with Crippen molar-refractivity contribution in [3.8, 4) is 6.07 Å². The normalized spacial score (nSPS) is 18.5. The van der Waals surface area contributed by atoms with Gasteiger partial charge in [-0.15, -0.1) is 0 Å². The second kappa shape index (κ2) is 8.90. The number of aliphatic hydroxyl groups is 1. The Bertz CT molecular complexity index is 335. The first-order valence-electron chi connectivity index (χ1n) is 7.33. The van der Waals surface area contributed by atoms with E-state index in [9.17, 15) is 4.79 Å². The third-order valence-corrected chi connectivity index (χ3v) is 3.69. The van der Waals surface area contributed by atoms with E-state index in [0.717, 1.165) is 26.2 Å². The monoisotopic (exact) mass is 282 g/mol. The van der Waals surface area contributed by atoms with Gasteiger partial charge in [0.1, 0.15) is 0 Å². The maximum atomic E-state index is 12.2. The highest BCUT2D eigenvalue weighted by Gasteiger charge is 2.21. The predicted octanol–water partition coefficient (Wildman–Crippen LogP) is -0.396. The minimum atomic E-state index is -0.125. The van der Waals surface area contributed by atoms with Crippen LogP contribution in [0.15, 0.2) is 0 Å². The van der Waals surface area contributed by atoms with Crippen molar-refractivity contribution in [2.24, 2.45) is 5.92 Å². The zero-order chi connectivity index (χ0) is 15.0. The lowest BCUT2D eigenvalue weighted by Crippen LogP contribution is -2.50. The molecule has 6 heteroatoms. The first-order chi connectivity index (χ1) is 9.60. The van der Waals surface area contributed by atoms with Crippen LogP contribution in [0.3, 0.4) is 0 Å². The van der Waals surface area contributed by atoms with E-state index in [0.29, 0.717) is 26.2 Å². The second-order valence-electron chi connectivity index (χ2n) is 5.30. The number of amides is 1. The molecule has 1 saturated heterocycles. The van der Waals surface area contributed by atoms with Crippen LogP contribution in [0, 0.1) is 17.2 Å². The van der Waals surface area contributed by atoms with Crippen molar-refractivity contribution in [1.82, 2.24) is 14.7 Å². The molecule has 0 bridgehead atoms. The molecule has 114 valence electrons. The lowest BCUT2D eigenvalue weighted by atomic mass is 10.2. The molecular formula is C14H26N4O2. The summed E-state index contributed by atoms with van der Waals surface area (Å²) in [5.74, 6) is -0.0227. The summed E-state index contributed by atoms with van der Waals surface area (Å²) in [5, 5.41) is 17.7. The molecule has 1 aliphatic rings. The van der Waals surface area contributed by atoms with E-state index >= 15 is 0 Å². The zero-order valence-electron chi connectivity index (χ0n) is 12.6. The van der Waals surface area contributed by atoms with Gasteiger partial charge in [-0.05, 0) is 13.8 Å². The maximum absolute atomic E-state index is 12.2. The molecule has 1 rings (SSSR count). The largest absolute Gasteiger partial charge is 0.395 e. The zero-order valence-corrected chi connectivity index (χ0v) is 12.6. The van der Waals surface area contributed by atoms with Gasteiger partial charge >= 0.3 is 0 Å². The standard InChI is InChI=1S/C14H26N4O2/c1-3-18(11-13(2)10-15)14(20)12-17-6-4-16(5-7-17)8-9-19/h13,19H,3-9,11-12H2,1-2H3. The highest BCUT2D eigenvalue weighted by atomic mass is 16.3. The van der Waals surface area contributed by atoms with Crippen LogP contribution in [-0.4, -0.2) is 84.7 Å². The van der Waals surface area contributed by atoms with Crippen molar-refractivity contribution in [1.29, 1.82) is 5.26 Å². The van der Waals surface area contributed by atoms with E-state index in [1.165, 1.54) is 0 Å². The molecule has 0 aromatic heterocycles. The molecule has 0 aromatic carbocycles. The van der Waals surface area contributed by atoms with Crippen LogP contribution in [0.2, 0.25) is 0 Å². The summed E-state index contributed by atoms with van der Waals surface area (Å²) >= 11 is 0. The van der Waals surface area contributed by atoms with Crippen molar-refractivity contribution in [2.75, 3.05) is 59.0 Å². The molecule has 0 aromatic rings. The average Bonchev–Trinajstić information content (AvgIpc) is 2.46. The summed E-state index contributed by atoms with van der Waals surface area (Å²) in [6, 6.07) is 2.17. The third-order valence-electron chi connectivity index (χ3n) is 3.69. The van der Waals surface area contributed by atoms with Gasteiger partial charge in [-0.25, -0.2) is 0 Å². The highest BCUT2D eigenvalue weighted by molar-refractivity contribution is 5.78. The fourth-order valence-corrected chi connectivity index (χ4v) is 2.38. The Morgan fingerprint density at radius 2 is 1.95 bits per heavy atom. The summed E-state index contributed by atoms with van der Waals surface area (Å²) < 4.78 is 0. The number of piperazine rings is 1. The highest BCUT2D eigenvalue weighted by Crippen LogP contribution is 2.04. The molecule has 6 nitrogen and oxygen atoms in total. The van der Waals surface area contributed by atoms with Gasteiger partial charge in [0.2, 0.25) is 5.91 Å². The van der Waals surface area contributed by atoms with E-state index in [1.807, 2.05) is 13.8 Å². The van der Waals surface area contributed by atoms with Crippen LogP contribution in [-0.2, 0) is 4.79 Å². The smallest absolute Gasteiger partial charge is 0.236 e. The van der Waals surface area contributed by atoms with E-state index in [-0.39, 0.29) is 18.4 Å². The number of nitriles is 1. The first kappa shape index (κ1) is 16.9. The van der Waals surface area contributed by atoms with Crippen molar-refractivity contribution in [2.45, 2.75) is 13.8 Å². The summed E-state index contributed by atoms with van der Waals surface area (Å²) in [5.41, 5.74) is 0. The topological polar surface area (TPSA) is 70.8 Å². The van der Waals surface area contributed by atoms with Crippen LogP contribution in [0.25, 0.3) is 0 Å². The minimum Gasteiger partial charge on any atom is -0.395 e. The quantitative estimate of drug-likeness (QED) is 0.688. The van der Waals surface area contributed by atoms with Gasteiger partial charge < -0.3 is 10.0 Å². The number of carbonyl (C=O) groups is 1. The average molecular weight is 282 g/mol. The molecule has 1 atom stereocenters. The Hall–Kier alpha value is -1.16. The van der Waals surface area contributed by atoms with E-state index in [1.54, 1.807) is 4.90 Å².